The van der Waals surface area contributed by atoms with Gasteiger partial charge in [-0.25, -0.2) is 0 Å². The van der Waals surface area contributed by atoms with Crippen LogP contribution >= 0.6 is 0 Å². The van der Waals surface area contributed by atoms with Crippen molar-refractivity contribution in [3.8, 4) is 0 Å². The molecule has 0 spiro atoms. The van der Waals surface area contributed by atoms with Gasteiger partial charge in [0.15, 0.2) is 5.60 Å². The van der Waals surface area contributed by atoms with Crippen LogP contribution in [0.1, 0.15) is 36.8 Å². The van der Waals surface area contributed by atoms with Crippen LogP contribution in [0.3, 0.4) is 0 Å². The molecule has 2 fully saturated rings. The average molecular weight is 360 g/mol. The van der Waals surface area contributed by atoms with E-state index in [-0.39, 0.29) is 5.91 Å². The standard InChI is InChI=1S/C21H33N3O2/c1-17-6-4-7-18(14-17)15-24-11-5-10-21(26,20(24)25)16-23(3)19-8-12-22(2)13-9-19/h4,6-7,14,19,26H,5,8-13,15-16H2,1-3H3. The van der Waals surface area contributed by atoms with Crippen LogP contribution in [0.2, 0.25) is 0 Å². The number of carbonyl (C=O) groups is 1. The summed E-state index contributed by atoms with van der Waals surface area (Å²) >= 11 is 0. The zero-order chi connectivity index (χ0) is 18.7. The Morgan fingerprint density at radius 1 is 1.27 bits per heavy atom. The number of benzene rings is 1. The summed E-state index contributed by atoms with van der Waals surface area (Å²) in [4.78, 5) is 19.4. The van der Waals surface area contributed by atoms with Gasteiger partial charge < -0.3 is 14.9 Å². The third-order valence-electron chi connectivity index (χ3n) is 5.98. The molecule has 2 heterocycles. The number of aliphatic hydroxyl groups is 1. The second-order valence-corrected chi connectivity index (χ2v) is 8.30. The minimum atomic E-state index is -1.25. The molecule has 0 bridgehead atoms. The zero-order valence-corrected chi connectivity index (χ0v) is 16.4. The molecule has 5 heteroatoms. The second-order valence-electron chi connectivity index (χ2n) is 8.30. The quantitative estimate of drug-likeness (QED) is 0.872. The Morgan fingerprint density at radius 2 is 2.00 bits per heavy atom. The van der Waals surface area contributed by atoms with Gasteiger partial charge in [0.2, 0.25) is 0 Å². The molecular weight excluding hydrogens is 326 g/mol. The highest BCUT2D eigenvalue weighted by atomic mass is 16.3. The summed E-state index contributed by atoms with van der Waals surface area (Å²) in [5.41, 5.74) is 1.08. The van der Waals surface area contributed by atoms with Crippen LogP contribution in [0.15, 0.2) is 24.3 Å². The van der Waals surface area contributed by atoms with Gasteiger partial charge in [-0.05, 0) is 65.4 Å². The molecule has 0 saturated carbocycles. The van der Waals surface area contributed by atoms with E-state index in [9.17, 15) is 9.90 Å². The van der Waals surface area contributed by atoms with Gasteiger partial charge in [-0.3, -0.25) is 9.69 Å². The number of hydrogen-bond donors (Lipinski definition) is 1. The van der Waals surface area contributed by atoms with E-state index in [2.05, 4.69) is 49.0 Å². The number of carbonyl (C=O) groups excluding carboxylic acids is 1. The van der Waals surface area contributed by atoms with Gasteiger partial charge >= 0.3 is 0 Å². The Bertz CT molecular complexity index is 627. The number of rotatable bonds is 5. The van der Waals surface area contributed by atoms with Gasteiger partial charge in [0.25, 0.3) is 5.91 Å². The topological polar surface area (TPSA) is 47.0 Å². The van der Waals surface area contributed by atoms with Crippen LogP contribution in [-0.2, 0) is 11.3 Å². The molecule has 0 radical (unpaired) electrons. The molecule has 3 rings (SSSR count). The summed E-state index contributed by atoms with van der Waals surface area (Å²) in [6.45, 7) is 5.98. The van der Waals surface area contributed by atoms with E-state index in [1.54, 1.807) is 0 Å². The lowest BCUT2D eigenvalue weighted by atomic mass is 9.89. The van der Waals surface area contributed by atoms with Gasteiger partial charge in [-0.15, -0.1) is 0 Å². The number of likely N-dealkylation sites (N-methyl/N-ethyl adjacent to an activating group) is 1. The van der Waals surface area contributed by atoms with E-state index in [4.69, 9.17) is 0 Å². The maximum atomic E-state index is 13.0. The number of likely N-dealkylation sites (tertiary alicyclic amines) is 2. The first-order valence-corrected chi connectivity index (χ1v) is 9.83. The Morgan fingerprint density at radius 3 is 2.69 bits per heavy atom. The molecule has 5 nitrogen and oxygen atoms in total. The Kier molecular flexibility index (Phi) is 6.00. The summed E-state index contributed by atoms with van der Waals surface area (Å²) in [7, 11) is 4.21. The van der Waals surface area contributed by atoms with Crippen molar-refractivity contribution in [2.24, 2.45) is 0 Å². The molecule has 144 valence electrons. The molecule has 2 aliphatic heterocycles. The average Bonchev–Trinajstić information content (AvgIpc) is 2.60. The lowest BCUT2D eigenvalue weighted by Crippen LogP contribution is -2.59. The molecule has 2 aliphatic rings. The third-order valence-corrected chi connectivity index (χ3v) is 5.98. The maximum absolute atomic E-state index is 13.0. The monoisotopic (exact) mass is 359 g/mol. The van der Waals surface area contributed by atoms with Gasteiger partial charge in [0.1, 0.15) is 0 Å². The Labute approximate surface area is 157 Å². The lowest BCUT2D eigenvalue weighted by Gasteiger charge is -2.43. The van der Waals surface area contributed by atoms with E-state index in [1.807, 2.05) is 11.0 Å². The second kappa shape index (κ2) is 8.07. The first-order chi connectivity index (χ1) is 12.4. The summed E-state index contributed by atoms with van der Waals surface area (Å²) < 4.78 is 0. The fourth-order valence-electron chi connectivity index (χ4n) is 4.37. The van der Waals surface area contributed by atoms with Gasteiger partial charge in [0.05, 0.1) is 0 Å². The maximum Gasteiger partial charge on any atom is 0.256 e. The predicted octanol–water partition coefficient (Wildman–Crippen LogP) is 1.87. The van der Waals surface area contributed by atoms with Crippen LogP contribution in [-0.4, -0.2) is 77.6 Å². The van der Waals surface area contributed by atoms with Crippen LogP contribution < -0.4 is 0 Å². The molecule has 1 atom stereocenters. The molecule has 0 aliphatic carbocycles. The molecule has 1 aromatic carbocycles. The van der Waals surface area contributed by atoms with Gasteiger partial charge in [0, 0.05) is 25.7 Å². The van der Waals surface area contributed by atoms with Crippen LogP contribution in [0.5, 0.6) is 0 Å². The molecule has 0 aromatic heterocycles. The van der Waals surface area contributed by atoms with Crippen LogP contribution in [0, 0.1) is 6.92 Å². The third kappa shape index (κ3) is 4.45. The normalized spacial score (nSPS) is 25.9. The molecule has 1 aromatic rings. The van der Waals surface area contributed by atoms with E-state index >= 15 is 0 Å². The highest BCUT2D eigenvalue weighted by molar-refractivity contribution is 5.86. The van der Waals surface area contributed by atoms with E-state index in [0.29, 0.717) is 25.6 Å². The predicted molar refractivity (Wildman–Crippen MR) is 104 cm³/mol. The number of piperidine rings is 2. The summed E-state index contributed by atoms with van der Waals surface area (Å²) in [6.07, 6.45) is 3.62. The molecule has 26 heavy (non-hydrogen) atoms. The first kappa shape index (κ1) is 19.3. The molecule has 1 N–H and O–H groups in total. The highest BCUT2D eigenvalue weighted by Crippen LogP contribution is 2.27. The van der Waals surface area contributed by atoms with Crippen molar-refractivity contribution in [1.82, 2.24) is 14.7 Å². The summed E-state index contributed by atoms with van der Waals surface area (Å²) in [6, 6.07) is 8.72. The molecule has 1 amide bonds. The van der Waals surface area contributed by atoms with E-state index in [1.165, 1.54) is 5.56 Å². The van der Waals surface area contributed by atoms with Crippen molar-refractivity contribution < 1.29 is 9.90 Å². The van der Waals surface area contributed by atoms with Crippen molar-refractivity contribution in [1.29, 1.82) is 0 Å². The smallest absolute Gasteiger partial charge is 0.256 e. The first-order valence-electron chi connectivity index (χ1n) is 9.83. The summed E-state index contributed by atoms with van der Waals surface area (Å²) in [5.74, 6) is -0.106. The number of aryl methyl sites for hydroxylation is 1. The van der Waals surface area contributed by atoms with Crippen molar-refractivity contribution in [3.63, 3.8) is 0 Å². The Balaban J connectivity index is 1.63. The zero-order valence-electron chi connectivity index (χ0n) is 16.4. The fraction of sp³-hybridized carbons (Fsp3) is 0.667. The lowest BCUT2D eigenvalue weighted by molar-refractivity contribution is -0.160. The van der Waals surface area contributed by atoms with Crippen LogP contribution in [0.4, 0.5) is 0 Å². The van der Waals surface area contributed by atoms with E-state index in [0.717, 1.165) is 44.5 Å². The van der Waals surface area contributed by atoms with Crippen molar-refractivity contribution in [2.75, 3.05) is 40.3 Å². The SMILES string of the molecule is Cc1cccc(CN2CCCC(O)(CN(C)C3CCN(C)CC3)C2=O)c1. The number of hydrogen-bond acceptors (Lipinski definition) is 4. The number of amides is 1. The highest BCUT2D eigenvalue weighted by Gasteiger charge is 2.43. The molecule has 1 unspecified atom stereocenters. The minimum Gasteiger partial charge on any atom is -0.379 e. The summed E-state index contributed by atoms with van der Waals surface area (Å²) in [5, 5.41) is 11.2. The van der Waals surface area contributed by atoms with Gasteiger partial charge in [-0.1, -0.05) is 29.8 Å². The van der Waals surface area contributed by atoms with Gasteiger partial charge in [-0.2, -0.15) is 0 Å². The van der Waals surface area contributed by atoms with E-state index < -0.39 is 5.60 Å². The minimum absolute atomic E-state index is 0.106. The number of nitrogens with zero attached hydrogens (tertiary/aromatic N) is 3. The molecule has 2 saturated heterocycles. The van der Waals surface area contributed by atoms with Crippen LogP contribution in [0.25, 0.3) is 0 Å². The Hall–Kier alpha value is -1.43. The molecular formula is C21H33N3O2. The largest absolute Gasteiger partial charge is 0.379 e. The fourth-order valence-corrected chi connectivity index (χ4v) is 4.37. The van der Waals surface area contributed by atoms with Crippen molar-refractivity contribution in [2.45, 2.75) is 50.8 Å². The van der Waals surface area contributed by atoms with Crippen molar-refractivity contribution in [3.05, 3.63) is 35.4 Å². The van der Waals surface area contributed by atoms with Crippen molar-refractivity contribution >= 4 is 5.91 Å².